The Morgan fingerprint density at radius 3 is 2.62 bits per heavy atom. The molecule has 2 aromatic rings. The van der Waals surface area contributed by atoms with Crippen LogP contribution in [0, 0.1) is 0 Å². The molecule has 0 amide bonds. The first-order valence-corrected chi connectivity index (χ1v) is 7.49. The van der Waals surface area contributed by atoms with Crippen molar-refractivity contribution in [1.82, 2.24) is 9.97 Å². The summed E-state index contributed by atoms with van der Waals surface area (Å²) in [6.07, 6.45) is 0. The van der Waals surface area contributed by atoms with Crippen molar-refractivity contribution in [3.8, 4) is 5.88 Å². The number of methoxy groups -OCH3 is 1. The number of hydrazine groups is 1. The van der Waals surface area contributed by atoms with E-state index in [0.29, 0.717) is 0 Å². The highest BCUT2D eigenvalue weighted by Crippen LogP contribution is 2.23. The van der Waals surface area contributed by atoms with E-state index in [2.05, 4.69) is 20.1 Å². The lowest BCUT2D eigenvalue weighted by Crippen LogP contribution is -2.17. The van der Waals surface area contributed by atoms with Crippen molar-refractivity contribution in [3.05, 3.63) is 35.4 Å². The quantitative estimate of drug-likeness (QED) is 0.557. The van der Waals surface area contributed by atoms with E-state index < -0.39 is 10.0 Å². The fourth-order valence-corrected chi connectivity index (χ4v) is 2.95. The number of nitrogens with two attached hydrogens (primary N) is 1. The van der Waals surface area contributed by atoms with Crippen LogP contribution in [0.2, 0.25) is 5.02 Å². The van der Waals surface area contributed by atoms with Gasteiger partial charge in [0, 0.05) is 6.07 Å². The largest absolute Gasteiger partial charge is 0.481 e. The SMILES string of the molecule is COc1cc(NN)nc(NS(=O)(=O)c2ccccc2Cl)n1. The maximum absolute atomic E-state index is 12.3. The smallest absolute Gasteiger partial charge is 0.265 e. The number of anilines is 2. The third kappa shape index (κ3) is 3.51. The normalized spacial score (nSPS) is 11.0. The lowest BCUT2D eigenvalue weighted by molar-refractivity contribution is 0.398. The first kappa shape index (κ1) is 15.3. The summed E-state index contributed by atoms with van der Waals surface area (Å²) < 4.78 is 31.7. The van der Waals surface area contributed by atoms with E-state index in [1.807, 2.05) is 0 Å². The van der Waals surface area contributed by atoms with E-state index >= 15 is 0 Å². The Kier molecular flexibility index (Phi) is 4.46. The standard InChI is InChI=1S/C11H12ClN5O3S/c1-20-10-6-9(16-13)14-11(15-10)17-21(18,19)8-5-3-2-4-7(8)12/h2-6H,13H2,1H3,(H2,14,15,16,17). The van der Waals surface area contributed by atoms with Gasteiger partial charge in [-0.1, -0.05) is 23.7 Å². The highest BCUT2D eigenvalue weighted by atomic mass is 35.5. The van der Waals surface area contributed by atoms with Crippen LogP contribution in [0.25, 0.3) is 0 Å². The van der Waals surface area contributed by atoms with Gasteiger partial charge in [0.1, 0.15) is 10.7 Å². The number of nitrogens with zero attached hydrogens (tertiary/aromatic N) is 2. The van der Waals surface area contributed by atoms with Gasteiger partial charge in [-0.05, 0) is 12.1 Å². The topological polar surface area (TPSA) is 119 Å². The van der Waals surface area contributed by atoms with Gasteiger partial charge in [0.25, 0.3) is 10.0 Å². The van der Waals surface area contributed by atoms with E-state index in [1.165, 1.54) is 25.3 Å². The van der Waals surface area contributed by atoms with Crippen molar-refractivity contribution in [1.29, 1.82) is 0 Å². The first-order valence-electron chi connectivity index (χ1n) is 5.63. The second kappa shape index (κ2) is 6.12. The van der Waals surface area contributed by atoms with E-state index in [-0.39, 0.29) is 27.6 Å². The molecule has 10 heteroatoms. The molecule has 4 N–H and O–H groups in total. The van der Waals surface area contributed by atoms with Crippen LogP contribution in [0.15, 0.2) is 35.2 Å². The van der Waals surface area contributed by atoms with Crippen LogP contribution in [0.1, 0.15) is 0 Å². The van der Waals surface area contributed by atoms with E-state index in [0.717, 1.165) is 0 Å². The van der Waals surface area contributed by atoms with Crippen LogP contribution in [-0.2, 0) is 10.0 Å². The molecular formula is C11H12ClN5O3S. The molecule has 0 saturated heterocycles. The fraction of sp³-hybridized carbons (Fsp3) is 0.0909. The van der Waals surface area contributed by atoms with Crippen molar-refractivity contribution < 1.29 is 13.2 Å². The molecule has 21 heavy (non-hydrogen) atoms. The number of halogens is 1. The van der Waals surface area contributed by atoms with Gasteiger partial charge in [-0.25, -0.2) is 19.0 Å². The monoisotopic (exact) mass is 329 g/mol. The van der Waals surface area contributed by atoms with Gasteiger partial charge in [-0.3, -0.25) is 0 Å². The van der Waals surface area contributed by atoms with E-state index in [4.69, 9.17) is 22.2 Å². The van der Waals surface area contributed by atoms with Crippen LogP contribution in [0.5, 0.6) is 5.88 Å². The number of ether oxygens (including phenoxy) is 1. The molecule has 0 aliphatic rings. The van der Waals surface area contributed by atoms with Gasteiger partial charge in [-0.15, -0.1) is 0 Å². The molecule has 0 aliphatic carbocycles. The number of aromatic nitrogens is 2. The van der Waals surface area contributed by atoms with E-state index in [9.17, 15) is 8.42 Å². The molecule has 0 unspecified atom stereocenters. The molecule has 112 valence electrons. The van der Waals surface area contributed by atoms with Gasteiger partial charge in [0.15, 0.2) is 0 Å². The van der Waals surface area contributed by atoms with Crippen molar-refractivity contribution in [2.75, 3.05) is 17.3 Å². The first-order chi connectivity index (χ1) is 9.96. The van der Waals surface area contributed by atoms with Crippen molar-refractivity contribution >= 4 is 33.4 Å². The molecule has 2 rings (SSSR count). The molecule has 0 radical (unpaired) electrons. The minimum absolute atomic E-state index is 0.0830. The van der Waals surface area contributed by atoms with Gasteiger partial charge in [0.05, 0.1) is 12.1 Å². The molecule has 0 fully saturated rings. The molecule has 0 spiro atoms. The Labute approximate surface area is 126 Å². The van der Waals surface area contributed by atoms with Gasteiger partial charge in [0.2, 0.25) is 11.8 Å². The molecular weight excluding hydrogens is 318 g/mol. The van der Waals surface area contributed by atoms with Gasteiger partial charge < -0.3 is 10.2 Å². The fourth-order valence-electron chi connectivity index (χ4n) is 1.49. The zero-order valence-electron chi connectivity index (χ0n) is 10.9. The van der Waals surface area contributed by atoms with Gasteiger partial charge in [-0.2, -0.15) is 9.97 Å². The highest BCUT2D eigenvalue weighted by molar-refractivity contribution is 7.92. The summed E-state index contributed by atoms with van der Waals surface area (Å²) in [5, 5.41) is 0.0880. The number of hydrogen-bond donors (Lipinski definition) is 3. The Balaban J connectivity index is 2.39. The molecule has 8 nitrogen and oxygen atoms in total. The summed E-state index contributed by atoms with van der Waals surface area (Å²) in [4.78, 5) is 7.67. The Bertz CT molecular complexity index is 731. The average Bonchev–Trinajstić information content (AvgIpc) is 2.46. The second-order valence-corrected chi connectivity index (χ2v) is 5.86. The number of nitrogen functional groups attached to an aromatic ring is 1. The van der Waals surface area contributed by atoms with Crippen molar-refractivity contribution in [2.45, 2.75) is 4.90 Å². The predicted molar refractivity (Wildman–Crippen MR) is 78.7 cm³/mol. The van der Waals surface area contributed by atoms with Crippen LogP contribution < -0.4 is 20.7 Å². The molecule has 1 aromatic carbocycles. The highest BCUT2D eigenvalue weighted by Gasteiger charge is 2.19. The summed E-state index contributed by atoms with van der Waals surface area (Å²) in [6.45, 7) is 0. The van der Waals surface area contributed by atoms with Crippen molar-refractivity contribution in [2.24, 2.45) is 5.84 Å². The minimum Gasteiger partial charge on any atom is -0.481 e. The Morgan fingerprint density at radius 1 is 1.29 bits per heavy atom. The third-order valence-electron chi connectivity index (χ3n) is 2.41. The second-order valence-electron chi connectivity index (χ2n) is 3.80. The molecule has 0 aliphatic heterocycles. The Morgan fingerprint density at radius 2 is 2.00 bits per heavy atom. The lowest BCUT2D eigenvalue weighted by Gasteiger charge is -2.10. The third-order valence-corrected chi connectivity index (χ3v) is 4.24. The number of nitrogens with one attached hydrogen (secondary N) is 2. The van der Waals surface area contributed by atoms with Crippen LogP contribution >= 0.6 is 11.6 Å². The average molecular weight is 330 g/mol. The summed E-state index contributed by atoms with van der Waals surface area (Å²) >= 11 is 5.88. The summed E-state index contributed by atoms with van der Waals surface area (Å²) in [5.41, 5.74) is 2.29. The van der Waals surface area contributed by atoms with Crippen LogP contribution in [0.3, 0.4) is 0 Å². The molecule has 1 aromatic heterocycles. The Hall–Kier alpha value is -2.10. The summed E-state index contributed by atoms with van der Waals surface area (Å²) in [5.74, 6) is 5.40. The molecule has 0 saturated carbocycles. The molecule has 0 atom stereocenters. The number of benzene rings is 1. The minimum atomic E-state index is -3.93. The molecule has 1 heterocycles. The van der Waals surface area contributed by atoms with Crippen LogP contribution in [-0.4, -0.2) is 25.5 Å². The maximum atomic E-state index is 12.3. The number of rotatable bonds is 5. The summed E-state index contributed by atoms with van der Waals surface area (Å²) in [6, 6.07) is 7.43. The van der Waals surface area contributed by atoms with E-state index in [1.54, 1.807) is 12.1 Å². The predicted octanol–water partition coefficient (Wildman–Crippen LogP) is 1.22. The summed E-state index contributed by atoms with van der Waals surface area (Å²) in [7, 11) is -2.54. The van der Waals surface area contributed by atoms with Crippen LogP contribution in [0.4, 0.5) is 11.8 Å². The number of sulfonamides is 1. The lowest BCUT2D eigenvalue weighted by atomic mass is 10.4. The zero-order chi connectivity index (χ0) is 15.5. The van der Waals surface area contributed by atoms with Gasteiger partial charge >= 0.3 is 0 Å². The van der Waals surface area contributed by atoms with Crippen molar-refractivity contribution in [3.63, 3.8) is 0 Å². The zero-order valence-corrected chi connectivity index (χ0v) is 12.4. The number of hydrogen-bond acceptors (Lipinski definition) is 7. The maximum Gasteiger partial charge on any atom is 0.265 e. The molecule has 0 bridgehead atoms.